The number of nitrogens with one attached hydrogen (secondary N) is 1. The molecule has 3 aromatic rings. The fourth-order valence-corrected chi connectivity index (χ4v) is 2.97. The van der Waals surface area contributed by atoms with Crippen molar-refractivity contribution >= 4 is 34.1 Å². The quantitative estimate of drug-likeness (QED) is 0.615. The molecule has 5 heteroatoms. The summed E-state index contributed by atoms with van der Waals surface area (Å²) in [7, 11) is 0. The van der Waals surface area contributed by atoms with Crippen LogP contribution in [0.15, 0.2) is 53.8 Å². The minimum atomic E-state index is 0.391. The normalized spacial score (nSPS) is 11.0. The smallest absolute Gasteiger partial charge is 0.0867 e. The molecule has 3 nitrogen and oxygen atoms in total. The van der Waals surface area contributed by atoms with Gasteiger partial charge in [-0.05, 0) is 23.8 Å². The van der Waals surface area contributed by atoms with Gasteiger partial charge >= 0.3 is 0 Å². The predicted molar refractivity (Wildman–Crippen MR) is 86.4 cm³/mol. The fourth-order valence-electron chi connectivity index (χ4n) is 2.50. The molecule has 0 bridgehead atoms. The van der Waals surface area contributed by atoms with Crippen LogP contribution in [0.2, 0.25) is 10.0 Å². The first kappa shape index (κ1) is 14.1. The van der Waals surface area contributed by atoms with Crippen molar-refractivity contribution in [3.05, 3.63) is 69.8 Å². The van der Waals surface area contributed by atoms with Gasteiger partial charge < -0.3 is 4.57 Å². The highest BCUT2D eigenvalue weighted by molar-refractivity contribution is 6.35. The zero-order valence-corrected chi connectivity index (χ0v) is 12.7. The second kappa shape index (κ2) is 5.88. The Kier molecular flexibility index (Phi) is 3.95. The maximum atomic E-state index is 7.08. The largest absolute Gasteiger partial charge is 0.343 e. The molecule has 0 unspecified atom stereocenters. The fraction of sp³-hybridized carbons (Fsp3) is 0.125. The van der Waals surface area contributed by atoms with Gasteiger partial charge in [-0.1, -0.05) is 47.5 Å². The van der Waals surface area contributed by atoms with Crippen LogP contribution in [0.1, 0.15) is 11.1 Å². The Morgan fingerprint density at radius 3 is 2.62 bits per heavy atom. The molecule has 0 aliphatic rings. The minimum absolute atomic E-state index is 0.391. The van der Waals surface area contributed by atoms with Crippen LogP contribution in [0.4, 0.5) is 0 Å². The van der Waals surface area contributed by atoms with Gasteiger partial charge in [-0.2, -0.15) is 5.11 Å². The Morgan fingerprint density at radius 1 is 1.05 bits per heavy atom. The molecule has 0 saturated carbocycles. The lowest BCUT2D eigenvalue weighted by Crippen LogP contribution is -1.98. The van der Waals surface area contributed by atoms with E-state index in [9.17, 15) is 0 Å². The first-order chi connectivity index (χ1) is 10.2. The maximum absolute atomic E-state index is 7.08. The molecule has 2 aromatic carbocycles. The van der Waals surface area contributed by atoms with Crippen LogP contribution in [0.3, 0.4) is 0 Å². The number of aromatic nitrogens is 1. The number of benzene rings is 2. The van der Waals surface area contributed by atoms with Crippen LogP contribution in [0.25, 0.3) is 10.9 Å². The second-order valence-corrected chi connectivity index (χ2v) is 5.69. The molecule has 0 radical (unpaired) electrons. The number of hydrogen-bond donors (Lipinski definition) is 1. The average molecular weight is 318 g/mol. The van der Waals surface area contributed by atoms with E-state index >= 15 is 0 Å². The molecular formula is C16H13Cl2N3. The number of hydrogen-bond acceptors (Lipinski definition) is 2. The van der Waals surface area contributed by atoms with Gasteiger partial charge in [-0.15, -0.1) is 0 Å². The van der Waals surface area contributed by atoms with Crippen molar-refractivity contribution in [1.82, 2.24) is 4.57 Å². The zero-order chi connectivity index (χ0) is 14.8. The van der Waals surface area contributed by atoms with Gasteiger partial charge in [0, 0.05) is 39.3 Å². The highest BCUT2D eigenvalue weighted by Crippen LogP contribution is 2.26. The Balaban J connectivity index is 2.06. The summed E-state index contributed by atoms with van der Waals surface area (Å²) in [6, 6.07) is 13.6. The first-order valence-electron chi connectivity index (χ1n) is 6.53. The van der Waals surface area contributed by atoms with E-state index in [1.54, 1.807) is 6.07 Å². The molecule has 0 saturated heterocycles. The van der Waals surface area contributed by atoms with Crippen molar-refractivity contribution < 1.29 is 0 Å². The third-order valence-electron chi connectivity index (χ3n) is 3.48. The van der Waals surface area contributed by atoms with Gasteiger partial charge in [-0.25, -0.2) is 5.53 Å². The SMILES string of the molecule is N=NCc1cn(Cc2ccc(Cl)cc2Cl)c2ccccc12. The predicted octanol–water partition coefficient (Wildman–Crippen LogP) is 5.53. The minimum Gasteiger partial charge on any atom is -0.343 e. The molecule has 0 atom stereocenters. The van der Waals surface area contributed by atoms with E-state index in [-0.39, 0.29) is 0 Å². The average Bonchev–Trinajstić information content (AvgIpc) is 2.81. The van der Waals surface area contributed by atoms with Crippen molar-refractivity contribution in [2.75, 3.05) is 0 Å². The molecule has 21 heavy (non-hydrogen) atoms. The number of nitrogens with zero attached hydrogens (tertiary/aromatic N) is 2. The Bertz CT molecular complexity index is 808. The summed E-state index contributed by atoms with van der Waals surface area (Å²) >= 11 is 12.2. The Labute approximate surface area is 132 Å². The molecule has 1 N–H and O–H groups in total. The molecule has 1 heterocycles. The van der Waals surface area contributed by atoms with Crippen LogP contribution < -0.4 is 0 Å². The third-order valence-corrected chi connectivity index (χ3v) is 4.06. The number of fused-ring (bicyclic) bond motifs is 1. The van der Waals surface area contributed by atoms with E-state index in [0.717, 1.165) is 22.0 Å². The standard InChI is InChI=1S/C16H13Cl2N3/c17-13-6-5-11(15(18)7-13)9-21-10-12(8-20-19)14-3-1-2-4-16(14)21/h1-7,10,19H,8-9H2. The summed E-state index contributed by atoms with van der Waals surface area (Å²) < 4.78 is 2.13. The Morgan fingerprint density at radius 2 is 1.86 bits per heavy atom. The molecule has 0 aliphatic carbocycles. The highest BCUT2D eigenvalue weighted by atomic mass is 35.5. The van der Waals surface area contributed by atoms with Gasteiger partial charge in [0.1, 0.15) is 0 Å². The van der Waals surface area contributed by atoms with Gasteiger partial charge in [0.05, 0.1) is 6.54 Å². The lowest BCUT2D eigenvalue weighted by atomic mass is 10.2. The van der Waals surface area contributed by atoms with Crippen molar-refractivity contribution in [3.63, 3.8) is 0 Å². The van der Waals surface area contributed by atoms with Crippen molar-refractivity contribution in [2.24, 2.45) is 5.11 Å². The van der Waals surface area contributed by atoms with E-state index in [0.29, 0.717) is 23.1 Å². The summed E-state index contributed by atoms with van der Waals surface area (Å²) in [4.78, 5) is 0. The summed E-state index contributed by atoms with van der Waals surface area (Å²) in [6.45, 7) is 1.05. The van der Waals surface area contributed by atoms with Crippen molar-refractivity contribution in [1.29, 1.82) is 5.53 Å². The van der Waals surface area contributed by atoms with E-state index in [4.69, 9.17) is 28.7 Å². The highest BCUT2D eigenvalue weighted by Gasteiger charge is 2.09. The molecule has 0 amide bonds. The van der Waals surface area contributed by atoms with E-state index in [1.807, 2.05) is 30.5 Å². The topological polar surface area (TPSA) is 41.1 Å². The monoisotopic (exact) mass is 317 g/mol. The molecule has 1 aromatic heterocycles. The van der Waals surface area contributed by atoms with Gasteiger partial charge in [0.2, 0.25) is 0 Å². The first-order valence-corrected chi connectivity index (χ1v) is 7.28. The van der Waals surface area contributed by atoms with Gasteiger partial charge in [0.15, 0.2) is 0 Å². The van der Waals surface area contributed by atoms with Crippen molar-refractivity contribution in [2.45, 2.75) is 13.1 Å². The third kappa shape index (κ3) is 2.80. The molecule has 0 fully saturated rings. The van der Waals surface area contributed by atoms with Crippen LogP contribution in [-0.2, 0) is 13.1 Å². The Hall–Kier alpha value is -1.84. The summed E-state index contributed by atoms with van der Waals surface area (Å²) in [5.74, 6) is 0. The van der Waals surface area contributed by atoms with Crippen LogP contribution in [0, 0.1) is 5.53 Å². The second-order valence-electron chi connectivity index (χ2n) is 4.85. The van der Waals surface area contributed by atoms with E-state index < -0.39 is 0 Å². The summed E-state index contributed by atoms with van der Waals surface area (Å²) in [6.07, 6.45) is 2.04. The molecule has 3 rings (SSSR count). The van der Waals surface area contributed by atoms with Gasteiger partial charge in [-0.3, -0.25) is 0 Å². The van der Waals surface area contributed by atoms with Gasteiger partial charge in [0.25, 0.3) is 0 Å². The molecule has 0 spiro atoms. The van der Waals surface area contributed by atoms with Crippen LogP contribution in [-0.4, -0.2) is 4.57 Å². The van der Waals surface area contributed by atoms with Crippen molar-refractivity contribution in [3.8, 4) is 0 Å². The van der Waals surface area contributed by atoms with Crippen LogP contribution >= 0.6 is 23.2 Å². The maximum Gasteiger partial charge on any atom is 0.0867 e. The lowest BCUT2D eigenvalue weighted by Gasteiger charge is -2.08. The summed E-state index contributed by atoms with van der Waals surface area (Å²) in [5.41, 5.74) is 10.3. The zero-order valence-electron chi connectivity index (χ0n) is 11.2. The number of halogens is 2. The van der Waals surface area contributed by atoms with E-state index in [1.165, 1.54) is 0 Å². The number of para-hydroxylation sites is 1. The lowest BCUT2D eigenvalue weighted by molar-refractivity contribution is 0.823. The summed E-state index contributed by atoms with van der Waals surface area (Å²) in [5, 5.41) is 5.92. The van der Waals surface area contributed by atoms with E-state index in [2.05, 4.69) is 21.8 Å². The molecule has 0 aliphatic heterocycles. The molecular weight excluding hydrogens is 305 g/mol. The van der Waals surface area contributed by atoms with Crippen LogP contribution in [0.5, 0.6) is 0 Å². The number of rotatable bonds is 4. The molecule has 106 valence electrons.